The fourth-order valence-corrected chi connectivity index (χ4v) is 2.75. The van der Waals surface area contributed by atoms with Crippen LogP contribution in [0.3, 0.4) is 0 Å². The van der Waals surface area contributed by atoms with E-state index in [4.69, 9.17) is 12.2 Å². The van der Waals surface area contributed by atoms with Crippen LogP contribution in [-0.4, -0.2) is 21.5 Å². The van der Waals surface area contributed by atoms with Crippen molar-refractivity contribution in [2.24, 2.45) is 0 Å². The van der Waals surface area contributed by atoms with E-state index in [1.54, 1.807) is 48.1 Å². The molecule has 0 aliphatic carbocycles. The zero-order chi connectivity index (χ0) is 20.1. The third kappa shape index (κ3) is 5.23. The van der Waals surface area contributed by atoms with Gasteiger partial charge in [-0.15, -0.1) is 0 Å². The number of thiocarbonyl (C=S) groups is 1. The molecule has 3 rings (SSSR count). The number of hydrogen-bond acceptors (Lipinski definition) is 3. The number of anilines is 2. The van der Waals surface area contributed by atoms with E-state index in [-0.39, 0.29) is 23.2 Å². The Labute approximate surface area is 165 Å². The smallest absolute Gasteiger partial charge is 0.387 e. The Morgan fingerprint density at radius 2 is 2.00 bits per heavy atom. The van der Waals surface area contributed by atoms with Crippen molar-refractivity contribution in [3.63, 3.8) is 0 Å². The summed E-state index contributed by atoms with van der Waals surface area (Å²) in [5.74, 6) is -0.315. The van der Waals surface area contributed by atoms with Crippen molar-refractivity contribution in [2.45, 2.75) is 20.1 Å². The number of aryl methyl sites for hydroxylation is 1. The minimum atomic E-state index is -2.94. The second-order valence-electron chi connectivity index (χ2n) is 5.98. The van der Waals surface area contributed by atoms with Crippen LogP contribution in [0.2, 0.25) is 0 Å². The highest BCUT2D eigenvalue weighted by Crippen LogP contribution is 2.27. The lowest BCUT2D eigenvalue weighted by Crippen LogP contribution is -2.19. The molecule has 0 aliphatic rings. The van der Waals surface area contributed by atoms with Crippen molar-refractivity contribution in [2.75, 3.05) is 10.6 Å². The van der Waals surface area contributed by atoms with Gasteiger partial charge in [0.25, 0.3) is 0 Å². The van der Waals surface area contributed by atoms with Gasteiger partial charge in [-0.3, -0.25) is 4.68 Å². The molecule has 1 heterocycles. The summed E-state index contributed by atoms with van der Waals surface area (Å²) in [6, 6.07) is 11.3. The molecule has 0 unspecified atom stereocenters. The number of hydrogen-bond donors (Lipinski definition) is 2. The Balaban J connectivity index is 1.65. The van der Waals surface area contributed by atoms with Gasteiger partial charge in [0.15, 0.2) is 5.11 Å². The minimum absolute atomic E-state index is 0.00519. The first kappa shape index (κ1) is 19.7. The second-order valence-corrected chi connectivity index (χ2v) is 6.38. The summed E-state index contributed by atoms with van der Waals surface area (Å²) in [6.45, 7) is -0.915. The quantitative estimate of drug-likeness (QED) is 0.577. The molecule has 0 spiro atoms. The number of rotatable bonds is 6. The lowest BCUT2D eigenvalue weighted by Gasteiger charge is -2.14. The van der Waals surface area contributed by atoms with Crippen molar-refractivity contribution in [3.05, 3.63) is 71.8 Å². The highest BCUT2D eigenvalue weighted by molar-refractivity contribution is 7.80. The van der Waals surface area contributed by atoms with Crippen LogP contribution in [0, 0.1) is 12.7 Å². The van der Waals surface area contributed by atoms with Gasteiger partial charge in [-0.05, 0) is 42.9 Å². The molecule has 0 saturated carbocycles. The lowest BCUT2D eigenvalue weighted by molar-refractivity contribution is -0.0493. The first-order chi connectivity index (χ1) is 13.4. The van der Waals surface area contributed by atoms with E-state index in [0.717, 1.165) is 5.56 Å². The minimum Gasteiger partial charge on any atom is -0.433 e. The molecule has 2 N–H and O–H groups in total. The zero-order valence-electron chi connectivity index (χ0n) is 14.8. The zero-order valence-corrected chi connectivity index (χ0v) is 15.6. The number of aromatic nitrogens is 2. The van der Waals surface area contributed by atoms with E-state index >= 15 is 0 Å². The molecule has 0 atom stereocenters. The predicted octanol–water partition coefficient (Wildman–Crippen LogP) is 4.79. The maximum Gasteiger partial charge on any atom is 0.387 e. The van der Waals surface area contributed by atoms with Crippen molar-refractivity contribution in [1.29, 1.82) is 0 Å². The molecule has 0 bridgehead atoms. The van der Waals surface area contributed by atoms with Gasteiger partial charge in [0.05, 0.1) is 24.1 Å². The summed E-state index contributed by atoms with van der Waals surface area (Å²) in [6.07, 6.45) is 3.19. The van der Waals surface area contributed by atoms with Gasteiger partial charge in [0.1, 0.15) is 11.6 Å². The van der Waals surface area contributed by atoms with E-state index in [1.165, 1.54) is 18.3 Å². The van der Waals surface area contributed by atoms with Gasteiger partial charge in [-0.1, -0.05) is 24.3 Å². The first-order valence-electron chi connectivity index (χ1n) is 8.30. The van der Waals surface area contributed by atoms with Crippen molar-refractivity contribution in [3.8, 4) is 5.75 Å². The lowest BCUT2D eigenvalue weighted by atomic mass is 10.2. The SMILES string of the molecule is Cc1ccc(NC(=S)Nc2cnn(Cc3ccccc3F)c2)c(OC(F)F)c1. The summed E-state index contributed by atoms with van der Waals surface area (Å²) in [7, 11) is 0. The fraction of sp³-hybridized carbons (Fsp3) is 0.158. The highest BCUT2D eigenvalue weighted by atomic mass is 32.1. The maximum absolute atomic E-state index is 13.7. The number of benzene rings is 2. The van der Waals surface area contributed by atoms with Gasteiger partial charge >= 0.3 is 6.61 Å². The highest BCUT2D eigenvalue weighted by Gasteiger charge is 2.12. The van der Waals surface area contributed by atoms with Crippen LogP contribution in [0.25, 0.3) is 0 Å². The average Bonchev–Trinajstić information content (AvgIpc) is 3.06. The topological polar surface area (TPSA) is 51.1 Å². The normalized spacial score (nSPS) is 10.8. The Morgan fingerprint density at radius 3 is 2.75 bits per heavy atom. The van der Waals surface area contributed by atoms with Crippen LogP contribution < -0.4 is 15.4 Å². The third-order valence-electron chi connectivity index (χ3n) is 3.78. The molecular weight excluding hydrogens is 389 g/mol. The van der Waals surface area contributed by atoms with Crippen molar-refractivity contribution in [1.82, 2.24) is 9.78 Å². The van der Waals surface area contributed by atoms with Gasteiger partial charge in [-0.25, -0.2) is 4.39 Å². The number of halogens is 3. The second kappa shape index (κ2) is 8.75. The molecular formula is C19H17F3N4OS. The Morgan fingerprint density at radius 1 is 1.21 bits per heavy atom. The molecule has 146 valence electrons. The Bertz CT molecular complexity index is 977. The Kier molecular flexibility index (Phi) is 6.15. The number of ether oxygens (including phenoxy) is 1. The van der Waals surface area contributed by atoms with Crippen molar-refractivity contribution < 1.29 is 17.9 Å². The third-order valence-corrected chi connectivity index (χ3v) is 3.99. The van der Waals surface area contributed by atoms with Crippen LogP contribution in [0.5, 0.6) is 5.75 Å². The standard InChI is InChI=1S/C19H17F3N4OS/c1-12-6-7-16(17(8-12)27-18(21)22)25-19(28)24-14-9-23-26(11-14)10-13-4-2-3-5-15(13)20/h2-9,11,18H,10H2,1H3,(H2,24,25,28). The largest absolute Gasteiger partial charge is 0.433 e. The van der Waals surface area contributed by atoms with Crippen LogP contribution in [0.15, 0.2) is 54.9 Å². The molecule has 0 amide bonds. The van der Waals surface area contributed by atoms with E-state index in [1.807, 2.05) is 0 Å². The first-order valence-corrected chi connectivity index (χ1v) is 8.71. The summed E-state index contributed by atoms with van der Waals surface area (Å²) in [5.41, 5.74) is 2.15. The maximum atomic E-state index is 13.7. The molecule has 0 aliphatic heterocycles. The number of alkyl halides is 2. The van der Waals surface area contributed by atoms with Crippen LogP contribution in [0.4, 0.5) is 24.5 Å². The molecule has 5 nitrogen and oxygen atoms in total. The molecule has 0 saturated heterocycles. The number of nitrogens with one attached hydrogen (secondary N) is 2. The fourth-order valence-electron chi connectivity index (χ4n) is 2.53. The van der Waals surface area contributed by atoms with E-state index < -0.39 is 6.61 Å². The van der Waals surface area contributed by atoms with Gasteiger partial charge < -0.3 is 15.4 Å². The van der Waals surface area contributed by atoms with Crippen LogP contribution >= 0.6 is 12.2 Å². The molecule has 9 heteroatoms. The Hall–Kier alpha value is -3.07. The molecule has 3 aromatic rings. The predicted molar refractivity (Wildman–Crippen MR) is 105 cm³/mol. The van der Waals surface area contributed by atoms with Crippen LogP contribution in [-0.2, 0) is 6.54 Å². The van der Waals surface area contributed by atoms with E-state index in [0.29, 0.717) is 16.9 Å². The molecule has 0 radical (unpaired) electrons. The van der Waals surface area contributed by atoms with E-state index in [2.05, 4.69) is 20.5 Å². The average molecular weight is 406 g/mol. The van der Waals surface area contributed by atoms with Gasteiger partial charge in [0.2, 0.25) is 0 Å². The van der Waals surface area contributed by atoms with Crippen LogP contribution in [0.1, 0.15) is 11.1 Å². The summed E-state index contributed by atoms with van der Waals surface area (Å²) < 4.78 is 45.0. The summed E-state index contributed by atoms with van der Waals surface area (Å²) in [5, 5.41) is 10.1. The summed E-state index contributed by atoms with van der Waals surface area (Å²) in [4.78, 5) is 0. The molecule has 1 aromatic heterocycles. The van der Waals surface area contributed by atoms with Gasteiger partial charge in [0, 0.05) is 11.8 Å². The molecule has 0 fully saturated rings. The number of nitrogens with zero attached hydrogens (tertiary/aromatic N) is 2. The van der Waals surface area contributed by atoms with Crippen molar-refractivity contribution >= 4 is 28.7 Å². The molecule has 2 aromatic carbocycles. The van der Waals surface area contributed by atoms with E-state index in [9.17, 15) is 13.2 Å². The monoisotopic (exact) mass is 406 g/mol. The summed E-state index contributed by atoms with van der Waals surface area (Å²) >= 11 is 5.22. The molecule has 28 heavy (non-hydrogen) atoms. The van der Waals surface area contributed by atoms with Gasteiger partial charge in [-0.2, -0.15) is 13.9 Å².